The first-order valence-electron chi connectivity index (χ1n) is 4.93. The molecule has 0 saturated carbocycles. The van der Waals surface area contributed by atoms with Crippen molar-refractivity contribution in [3.63, 3.8) is 0 Å². The van der Waals surface area contributed by atoms with Gasteiger partial charge in [-0.2, -0.15) is 4.98 Å². The van der Waals surface area contributed by atoms with E-state index in [-0.39, 0.29) is 11.8 Å². The van der Waals surface area contributed by atoms with Crippen LogP contribution in [0.25, 0.3) is 0 Å². The lowest BCUT2D eigenvalue weighted by Crippen LogP contribution is -2.36. The zero-order valence-electron chi connectivity index (χ0n) is 9.37. The highest BCUT2D eigenvalue weighted by Gasteiger charge is 2.27. The van der Waals surface area contributed by atoms with E-state index >= 15 is 0 Å². The number of sulfone groups is 1. The molecule has 17 heavy (non-hydrogen) atoms. The molecular formula is C9H11N3O4S. The summed E-state index contributed by atoms with van der Waals surface area (Å²) < 4.78 is 27.6. The second-order valence-electron chi connectivity index (χ2n) is 3.57. The highest BCUT2D eigenvalue weighted by atomic mass is 32.2. The molecule has 1 aliphatic rings. The number of rotatable bonds is 2. The smallest absolute Gasteiger partial charge is 0.415 e. The number of anilines is 1. The van der Waals surface area contributed by atoms with E-state index in [1.54, 1.807) is 6.92 Å². The molecule has 0 radical (unpaired) electrons. The summed E-state index contributed by atoms with van der Waals surface area (Å²) in [6.45, 7) is 2.17. The van der Waals surface area contributed by atoms with Crippen LogP contribution in [0, 0.1) is 0 Å². The zero-order valence-corrected chi connectivity index (χ0v) is 10.2. The van der Waals surface area contributed by atoms with E-state index in [1.165, 1.54) is 11.1 Å². The monoisotopic (exact) mass is 257 g/mol. The lowest BCUT2D eigenvalue weighted by molar-refractivity contribution is 0.141. The predicted molar refractivity (Wildman–Crippen MR) is 58.3 cm³/mol. The number of hydrogen-bond donors (Lipinski definition) is 0. The average Bonchev–Trinajstić information content (AvgIpc) is 2.27. The van der Waals surface area contributed by atoms with Gasteiger partial charge in [0.1, 0.15) is 12.4 Å². The van der Waals surface area contributed by atoms with Gasteiger partial charge in [-0.25, -0.2) is 18.2 Å². The van der Waals surface area contributed by atoms with Crippen molar-refractivity contribution < 1.29 is 17.9 Å². The lowest BCUT2D eigenvalue weighted by Gasteiger charge is -2.26. The van der Waals surface area contributed by atoms with Crippen molar-refractivity contribution in [2.45, 2.75) is 18.7 Å². The SMILES string of the molecule is CCN1C(=O)OCc2cnc(S(C)(=O)=O)nc21. The molecule has 7 nitrogen and oxygen atoms in total. The molecule has 0 saturated heterocycles. The number of amides is 1. The van der Waals surface area contributed by atoms with E-state index in [0.717, 1.165) is 6.26 Å². The molecule has 0 aromatic carbocycles. The molecule has 0 unspecified atom stereocenters. The Labute approximate surface area is 98.3 Å². The Morgan fingerprint density at radius 3 is 2.82 bits per heavy atom. The topological polar surface area (TPSA) is 89.5 Å². The van der Waals surface area contributed by atoms with Gasteiger partial charge in [-0.1, -0.05) is 0 Å². The molecule has 2 heterocycles. The van der Waals surface area contributed by atoms with Gasteiger partial charge in [0.05, 0.1) is 5.56 Å². The molecule has 8 heteroatoms. The molecule has 0 atom stereocenters. The van der Waals surface area contributed by atoms with E-state index in [4.69, 9.17) is 4.74 Å². The molecule has 0 spiro atoms. The van der Waals surface area contributed by atoms with Crippen LogP contribution in [-0.2, 0) is 21.2 Å². The number of carbonyl (C=O) groups is 1. The van der Waals surface area contributed by atoms with Crippen LogP contribution in [0.4, 0.5) is 10.6 Å². The standard InChI is InChI=1S/C9H11N3O4S/c1-3-12-7-6(5-16-9(12)13)4-10-8(11-7)17(2,14)15/h4H,3,5H2,1-2H3. The molecule has 0 aliphatic carbocycles. The summed E-state index contributed by atoms with van der Waals surface area (Å²) in [5.41, 5.74) is 0.596. The van der Waals surface area contributed by atoms with Gasteiger partial charge in [0, 0.05) is 19.0 Å². The van der Waals surface area contributed by atoms with Gasteiger partial charge in [-0.05, 0) is 6.92 Å². The van der Waals surface area contributed by atoms with Crippen LogP contribution in [0.5, 0.6) is 0 Å². The molecule has 0 bridgehead atoms. The number of nitrogens with zero attached hydrogens (tertiary/aromatic N) is 3. The third kappa shape index (κ3) is 2.07. The van der Waals surface area contributed by atoms with Crippen LogP contribution in [-0.4, -0.2) is 37.3 Å². The Morgan fingerprint density at radius 1 is 1.53 bits per heavy atom. The summed E-state index contributed by atoms with van der Waals surface area (Å²) in [5, 5.41) is -0.288. The van der Waals surface area contributed by atoms with Crippen molar-refractivity contribution in [2.75, 3.05) is 17.7 Å². The van der Waals surface area contributed by atoms with Crippen molar-refractivity contribution in [2.24, 2.45) is 0 Å². The summed E-state index contributed by atoms with van der Waals surface area (Å²) in [7, 11) is -3.49. The Kier molecular flexibility index (Phi) is 2.74. The molecule has 0 fully saturated rings. The number of carbonyl (C=O) groups excluding carboxylic acids is 1. The van der Waals surface area contributed by atoms with Crippen molar-refractivity contribution in [3.05, 3.63) is 11.8 Å². The van der Waals surface area contributed by atoms with Crippen molar-refractivity contribution in [3.8, 4) is 0 Å². The second kappa shape index (κ2) is 3.95. The van der Waals surface area contributed by atoms with E-state index in [9.17, 15) is 13.2 Å². The van der Waals surface area contributed by atoms with Crippen LogP contribution >= 0.6 is 0 Å². The Hall–Kier alpha value is -1.70. The van der Waals surface area contributed by atoms with Gasteiger partial charge >= 0.3 is 6.09 Å². The van der Waals surface area contributed by atoms with E-state index in [2.05, 4.69) is 9.97 Å². The Balaban J connectivity index is 2.57. The summed E-state index contributed by atoms with van der Waals surface area (Å²) in [4.78, 5) is 20.4. The van der Waals surface area contributed by atoms with E-state index in [0.29, 0.717) is 17.9 Å². The molecule has 1 aromatic rings. The third-order valence-electron chi connectivity index (χ3n) is 2.29. The first-order valence-corrected chi connectivity index (χ1v) is 6.83. The fraction of sp³-hybridized carbons (Fsp3) is 0.444. The van der Waals surface area contributed by atoms with Crippen LogP contribution in [0.3, 0.4) is 0 Å². The largest absolute Gasteiger partial charge is 0.444 e. The molecule has 2 rings (SSSR count). The number of ether oxygens (including phenoxy) is 1. The lowest BCUT2D eigenvalue weighted by atomic mass is 10.3. The third-order valence-corrected chi connectivity index (χ3v) is 3.15. The van der Waals surface area contributed by atoms with E-state index < -0.39 is 15.9 Å². The molecular weight excluding hydrogens is 246 g/mol. The van der Waals surface area contributed by atoms with Crippen molar-refractivity contribution in [1.29, 1.82) is 0 Å². The minimum Gasteiger partial charge on any atom is -0.444 e. The average molecular weight is 257 g/mol. The maximum Gasteiger partial charge on any atom is 0.415 e. The minimum atomic E-state index is -3.49. The highest BCUT2D eigenvalue weighted by Crippen LogP contribution is 2.24. The van der Waals surface area contributed by atoms with Crippen molar-refractivity contribution in [1.82, 2.24) is 9.97 Å². The highest BCUT2D eigenvalue weighted by molar-refractivity contribution is 7.90. The Bertz CT molecular complexity index is 570. The summed E-state index contributed by atoms with van der Waals surface area (Å²) >= 11 is 0. The number of cyclic esters (lactones) is 1. The predicted octanol–water partition coefficient (Wildman–Crippen LogP) is 0.357. The number of aromatic nitrogens is 2. The first-order chi connectivity index (χ1) is 7.93. The molecule has 1 aromatic heterocycles. The summed E-state index contributed by atoms with van der Waals surface area (Å²) in [6, 6.07) is 0. The van der Waals surface area contributed by atoms with Gasteiger partial charge < -0.3 is 4.74 Å². The maximum absolute atomic E-state index is 11.4. The van der Waals surface area contributed by atoms with Gasteiger partial charge in [-0.15, -0.1) is 0 Å². The van der Waals surface area contributed by atoms with Gasteiger partial charge in [0.15, 0.2) is 0 Å². The normalized spacial score (nSPS) is 15.4. The molecule has 0 N–H and O–H groups in total. The second-order valence-corrected chi connectivity index (χ2v) is 5.48. The van der Waals surface area contributed by atoms with Crippen molar-refractivity contribution >= 4 is 21.7 Å². The van der Waals surface area contributed by atoms with Crippen LogP contribution in [0.15, 0.2) is 11.4 Å². The fourth-order valence-corrected chi connectivity index (χ4v) is 1.98. The zero-order chi connectivity index (χ0) is 12.6. The minimum absolute atomic E-state index is 0.0642. The molecule has 92 valence electrons. The first kappa shape index (κ1) is 11.8. The fourth-order valence-electron chi connectivity index (χ4n) is 1.48. The number of fused-ring (bicyclic) bond motifs is 1. The summed E-state index contributed by atoms with van der Waals surface area (Å²) in [6.07, 6.45) is 1.86. The van der Waals surface area contributed by atoms with Gasteiger partial charge in [-0.3, -0.25) is 4.90 Å². The maximum atomic E-state index is 11.4. The summed E-state index contributed by atoms with van der Waals surface area (Å²) in [5.74, 6) is 0.305. The van der Waals surface area contributed by atoms with Crippen LogP contribution in [0.1, 0.15) is 12.5 Å². The Morgan fingerprint density at radius 2 is 2.24 bits per heavy atom. The van der Waals surface area contributed by atoms with E-state index in [1.807, 2.05) is 0 Å². The van der Waals surface area contributed by atoms with Crippen LogP contribution < -0.4 is 4.90 Å². The number of hydrogen-bond acceptors (Lipinski definition) is 6. The van der Waals surface area contributed by atoms with Gasteiger partial charge in [0.2, 0.25) is 15.0 Å². The quantitative estimate of drug-likeness (QED) is 0.710. The molecule has 1 aliphatic heterocycles. The van der Waals surface area contributed by atoms with Crippen LogP contribution in [0.2, 0.25) is 0 Å². The molecule has 1 amide bonds. The van der Waals surface area contributed by atoms with Gasteiger partial charge in [0.25, 0.3) is 0 Å².